The highest BCUT2D eigenvalue weighted by molar-refractivity contribution is 7.47. The second-order valence-corrected chi connectivity index (χ2v) is 11.4. The molecule has 12 nitrogen and oxygen atoms in total. The summed E-state index contributed by atoms with van der Waals surface area (Å²) in [6, 6.07) is 0. The lowest BCUT2D eigenvalue weighted by Crippen LogP contribution is -2.30. The highest BCUT2D eigenvalue weighted by Gasteiger charge is 2.31. The summed E-state index contributed by atoms with van der Waals surface area (Å²) in [5.74, 6) is 0. The molecule has 0 aliphatic heterocycles. The predicted molar refractivity (Wildman–Crippen MR) is 166 cm³/mol. The number of hydrogen-bond acceptors (Lipinski definition) is 11. The van der Waals surface area contributed by atoms with Crippen LogP contribution in [0.25, 0.3) is 0 Å². The Labute approximate surface area is 261 Å². The summed E-state index contributed by atoms with van der Waals surface area (Å²) in [5, 5.41) is 0. The van der Waals surface area contributed by atoms with Gasteiger partial charge in [0, 0.05) is 26.4 Å². The van der Waals surface area contributed by atoms with Crippen molar-refractivity contribution in [3.05, 3.63) is 0 Å². The molecule has 0 aliphatic carbocycles. The van der Waals surface area contributed by atoms with E-state index in [9.17, 15) is 9.46 Å². The molecule has 1 N–H and O–H groups in total. The van der Waals surface area contributed by atoms with Gasteiger partial charge in [-0.05, 0) is 25.7 Å². The molecule has 0 aliphatic rings. The lowest BCUT2D eigenvalue weighted by molar-refractivity contribution is -0.0638. The van der Waals surface area contributed by atoms with Gasteiger partial charge in [-0.15, -0.1) is 0 Å². The Morgan fingerprint density at radius 2 is 0.651 bits per heavy atom. The van der Waals surface area contributed by atoms with Crippen molar-refractivity contribution in [3.8, 4) is 0 Å². The smallest absolute Gasteiger partial charge is 0.379 e. The molecule has 0 heterocycles. The summed E-state index contributed by atoms with van der Waals surface area (Å²) >= 11 is 0. The van der Waals surface area contributed by atoms with E-state index in [1.165, 1.54) is 0 Å². The zero-order valence-corrected chi connectivity index (χ0v) is 28.4. The SMILES string of the molecule is CCCCOCCOCC(COCCOCCCC)OP(=O)(O)OC(COCCOCCCC)COCCOCCCC. The second kappa shape index (κ2) is 33.2. The van der Waals surface area contributed by atoms with Gasteiger partial charge in [0.2, 0.25) is 0 Å². The zero-order valence-electron chi connectivity index (χ0n) is 27.5. The van der Waals surface area contributed by atoms with Gasteiger partial charge in [0.15, 0.2) is 0 Å². The molecule has 0 bridgehead atoms. The van der Waals surface area contributed by atoms with Crippen LogP contribution in [0.5, 0.6) is 0 Å². The summed E-state index contributed by atoms with van der Waals surface area (Å²) in [6.07, 6.45) is 6.46. The number of phosphoric ester groups is 1. The Morgan fingerprint density at radius 3 is 0.884 bits per heavy atom. The van der Waals surface area contributed by atoms with E-state index in [4.69, 9.17) is 46.9 Å². The Balaban J connectivity index is 4.88. The first-order chi connectivity index (χ1) is 21.0. The minimum Gasteiger partial charge on any atom is -0.379 e. The molecule has 43 heavy (non-hydrogen) atoms. The average Bonchev–Trinajstić information content (AvgIpc) is 2.98. The molecule has 0 spiro atoms. The third kappa shape index (κ3) is 31.6. The largest absolute Gasteiger partial charge is 0.473 e. The minimum absolute atomic E-state index is 0.0314. The van der Waals surface area contributed by atoms with Crippen molar-refractivity contribution in [2.24, 2.45) is 0 Å². The maximum Gasteiger partial charge on any atom is 0.473 e. The van der Waals surface area contributed by atoms with Gasteiger partial charge in [0.1, 0.15) is 12.2 Å². The fourth-order valence-electron chi connectivity index (χ4n) is 3.34. The first-order valence-corrected chi connectivity index (χ1v) is 17.8. The number of ether oxygens (including phenoxy) is 8. The van der Waals surface area contributed by atoms with E-state index in [0.29, 0.717) is 79.3 Å². The molecule has 0 saturated heterocycles. The maximum atomic E-state index is 13.1. The highest BCUT2D eigenvalue weighted by Crippen LogP contribution is 2.46. The Hall–Kier alpha value is -0.210. The standard InChI is InChI=1S/C30H63O12P/c1-5-9-13-33-17-21-37-25-29(26-38-22-18-34-14-10-6-2)41-43(31,32)42-30(27-39-23-19-35-15-11-7-3)28-40-24-20-36-16-12-8-4/h29-30H,5-28H2,1-4H3,(H,31,32). The van der Waals surface area contributed by atoms with E-state index in [1.807, 2.05) is 0 Å². The van der Waals surface area contributed by atoms with E-state index in [-0.39, 0.29) is 26.4 Å². The van der Waals surface area contributed by atoms with Crippen LogP contribution in [0.2, 0.25) is 0 Å². The first-order valence-electron chi connectivity index (χ1n) is 16.3. The number of unbranched alkanes of at least 4 members (excludes halogenated alkanes) is 4. The van der Waals surface area contributed by atoms with Crippen molar-refractivity contribution < 1.29 is 56.4 Å². The van der Waals surface area contributed by atoms with Crippen molar-refractivity contribution in [2.45, 2.75) is 91.3 Å². The number of phosphoric acid groups is 1. The molecule has 0 fully saturated rings. The first kappa shape index (κ1) is 42.8. The second-order valence-electron chi connectivity index (χ2n) is 10.1. The Morgan fingerprint density at radius 1 is 0.419 bits per heavy atom. The fourth-order valence-corrected chi connectivity index (χ4v) is 4.39. The van der Waals surface area contributed by atoms with Crippen LogP contribution in [0.15, 0.2) is 0 Å². The summed E-state index contributed by atoms with van der Waals surface area (Å²) in [6.45, 7) is 14.2. The van der Waals surface area contributed by atoms with Gasteiger partial charge in [-0.3, -0.25) is 9.05 Å². The molecule has 0 saturated carbocycles. The molecule has 13 heteroatoms. The van der Waals surface area contributed by atoms with Crippen LogP contribution >= 0.6 is 7.82 Å². The highest BCUT2D eigenvalue weighted by atomic mass is 31.2. The summed E-state index contributed by atoms with van der Waals surface area (Å²) in [7, 11) is -4.53. The molecule has 0 rings (SSSR count). The Kier molecular flexibility index (Phi) is 33.0. The topological polar surface area (TPSA) is 130 Å². The van der Waals surface area contributed by atoms with Gasteiger partial charge in [0.05, 0.1) is 79.3 Å². The van der Waals surface area contributed by atoms with E-state index < -0.39 is 20.0 Å². The van der Waals surface area contributed by atoms with Crippen molar-refractivity contribution in [1.82, 2.24) is 0 Å². The van der Waals surface area contributed by atoms with Crippen LogP contribution in [0.4, 0.5) is 0 Å². The van der Waals surface area contributed by atoms with Crippen LogP contribution in [-0.4, -0.2) is 123 Å². The molecule has 0 unspecified atom stereocenters. The summed E-state index contributed by atoms with van der Waals surface area (Å²) in [4.78, 5) is 10.6. The monoisotopic (exact) mass is 646 g/mol. The third-order valence-corrected chi connectivity index (χ3v) is 6.97. The van der Waals surface area contributed by atoms with Gasteiger partial charge in [-0.2, -0.15) is 0 Å². The quantitative estimate of drug-likeness (QED) is 0.0710. The van der Waals surface area contributed by atoms with Crippen molar-refractivity contribution in [1.29, 1.82) is 0 Å². The van der Waals surface area contributed by atoms with Crippen molar-refractivity contribution in [3.63, 3.8) is 0 Å². The van der Waals surface area contributed by atoms with Gasteiger partial charge in [-0.25, -0.2) is 4.57 Å². The summed E-state index contributed by atoms with van der Waals surface area (Å²) in [5.41, 5.74) is 0. The van der Waals surface area contributed by atoms with Crippen LogP contribution in [0.3, 0.4) is 0 Å². The van der Waals surface area contributed by atoms with E-state index in [0.717, 1.165) is 51.4 Å². The van der Waals surface area contributed by atoms with Crippen LogP contribution in [0.1, 0.15) is 79.1 Å². The lowest BCUT2D eigenvalue weighted by Gasteiger charge is -2.24. The summed E-state index contributed by atoms with van der Waals surface area (Å²) < 4.78 is 68.7. The van der Waals surface area contributed by atoms with Gasteiger partial charge in [-0.1, -0.05) is 53.4 Å². The number of hydrogen-bond donors (Lipinski definition) is 1. The molecule has 0 atom stereocenters. The van der Waals surface area contributed by atoms with Crippen molar-refractivity contribution in [2.75, 3.05) is 106 Å². The third-order valence-electron chi connectivity index (χ3n) is 5.84. The fraction of sp³-hybridized carbons (Fsp3) is 1.00. The normalized spacial score (nSPS) is 12.3. The lowest BCUT2D eigenvalue weighted by atomic mass is 10.4. The molecule has 0 aromatic carbocycles. The van der Waals surface area contributed by atoms with Crippen molar-refractivity contribution >= 4 is 7.82 Å². The predicted octanol–water partition coefficient (Wildman–Crippen LogP) is 5.19. The molecular formula is C30H63O12P. The molecule has 0 amide bonds. The Bertz CT molecular complexity index is 519. The van der Waals surface area contributed by atoms with Gasteiger partial charge >= 0.3 is 7.82 Å². The maximum absolute atomic E-state index is 13.1. The number of rotatable bonds is 36. The van der Waals surface area contributed by atoms with Crippen LogP contribution < -0.4 is 0 Å². The van der Waals surface area contributed by atoms with E-state index in [1.54, 1.807) is 0 Å². The van der Waals surface area contributed by atoms with E-state index >= 15 is 0 Å². The van der Waals surface area contributed by atoms with Crippen LogP contribution in [0, 0.1) is 0 Å². The molecule has 0 aromatic heterocycles. The molecular weight excluding hydrogens is 583 g/mol. The molecule has 0 radical (unpaired) electrons. The minimum atomic E-state index is -4.53. The van der Waals surface area contributed by atoms with E-state index in [2.05, 4.69) is 27.7 Å². The average molecular weight is 647 g/mol. The van der Waals surface area contributed by atoms with Gasteiger partial charge in [0.25, 0.3) is 0 Å². The van der Waals surface area contributed by atoms with Gasteiger partial charge < -0.3 is 42.8 Å². The van der Waals surface area contributed by atoms with Crippen LogP contribution in [-0.2, 0) is 51.5 Å². The molecule has 260 valence electrons. The zero-order chi connectivity index (χ0) is 31.7. The molecule has 0 aromatic rings.